The van der Waals surface area contributed by atoms with E-state index in [1.54, 1.807) is 11.3 Å². The zero-order valence-electron chi connectivity index (χ0n) is 12.8. The molecular weight excluding hydrogens is 328 g/mol. The van der Waals surface area contributed by atoms with Crippen molar-refractivity contribution in [2.24, 2.45) is 0 Å². The van der Waals surface area contributed by atoms with E-state index in [1.165, 1.54) is 16.4 Å². The molecule has 0 aliphatic heterocycles. The number of hydrogen-bond donors (Lipinski definition) is 2. The van der Waals surface area contributed by atoms with E-state index in [1.807, 2.05) is 13.0 Å². The third kappa shape index (κ3) is 3.22. The summed E-state index contributed by atoms with van der Waals surface area (Å²) < 4.78 is 5.42. The van der Waals surface area contributed by atoms with Crippen molar-refractivity contribution in [3.8, 4) is 0 Å². The van der Waals surface area contributed by atoms with Gasteiger partial charge >= 0.3 is 0 Å². The molecule has 0 saturated heterocycles. The molecule has 1 aliphatic carbocycles. The van der Waals surface area contributed by atoms with E-state index in [4.69, 9.17) is 4.98 Å². The lowest BCUT2D eigenvalue weighted by molar-refractivity contribution is 0.182. The Morgan fingerprint density at radius 3 is 3.00 bits per heavy atom. The number of anilines is 1. The molecule has 1 saturated carbocycles. The fraction of sp³-hybridized carbons (Fsp3) is 0.438. The lowest BCUT2D eigenvalue weighted by Crippen LogP contribution is -2.18. The van der Waals surface area contributed by atoms with Crippen LogP contribution in [0.3, 0.4) is 0 Å². The highest BCUT2D eigenvalue weighted by molar-refractivity contribution is 7.17. The summed E-state index contributed by atoms with van der Waals surface area (Å²) in [6, 6.07) is 4.42. The minimum Gasteiger partial charge on any atom is -0.393 e. The van der Waals surface area contributed by atoms with Gasteiger partial charge in [0.05, 0.1) is 22.0 Å². The second kappa shape index (κ2) is 6.14. The molecule has 3 aromatic heterocycles. The molecule has 3 heterocycles. The van der Waals surface area contributed by atoms with Crippen molar-refractivity contribution >= 4 is 38.9 Å². The van der Waals surface area contributed by atoms with Crippen molar-refractivity contribution < 1.29 is 5.11 Å². The van der Waals surface area contributed by atoms with Crippen molar-refractivity contribution in [1.82, 2.24) is 14.3 Å². The largest absolute Gasteiger partial charge is 0.393 e. The van der Waals surface area contributed by atoms with Crippen LogP contribution in [0, 0.1) is 6.92 Å². The average molecular weight is 346 g/mol. The highest BCUT2D eigenvalue weighted by atomic mass is 32.1. The van der Waals surface area contributed by atoms with E-state index in [0.29, 0.717) is 12.5 Å². The summed E-state index contributed by atoms with van der Waals surface area (Å²) >= 11 is 3.17. The molecule has 1 aliphatic rings. The number of aryl methyl sites for hydroxylation is 1. The summed E-state index contributed by atoms with van der Waals surface area (Å²) in [5, 5.41) is 15.3. The minimum absolute atomic E-state index is 0.187. The first-order valence-electron chi connectivity index (χ1n) is 7.78. The zero-order chi connectivity index (χ0) is 15.8. The number of thiophene rings is 1. The second-order valence-corrected chi connectivity index (χ2v) is 7.85. The highest BCUT2D eigenvalue weighted by Crippen LogP contribution is 2.30. The summed E-state index contributed by atoms with van der Waals surface area (Å²) in [6.45, 7) is 2.00. The summed E-state index contributed by atoms with van der Waals surface area (Å²) in [5.41, 5.74) is 2.03. The summed E-state index contributed by atoms with van der Waals surface area (Å²) in [5.74, 6) is 1.72. The molecule has 2 N–H and O–H groups in total. The molecule has 23 heavy (non-hydrogen) atoms. The molecule has 4 rings (SSSR count). The van der Waals surface area contributed by atoms with Crippen LogP contribution in [0.2, 0.25) is 0 Å². The molecule has 2 atom stereocenters. The second-order valence-electron chi connectivity index (χ2n) is 6.04. The van der Waals surface area contributed by atoms with E-state index >= 15 is 0 Å². The van der Waals surface area contributed by atoms with Crippen molar-refractivity contribution in [1.29, 1.82) is 0 Å². The predicted octanol–water partition coefficient (Wildman–Crippen LogP) is 3.37. The van der Waals surface area contributed by atoms with Crippen LogP contribution in [0.4, 0.5) is 5.82 Å². The van der Waals surface area contributed by atoms with Crippen molar-refractivity contribution in [3.05, 3.63) is 33.9 Å². The normalized spacial score (nSPS) is 21.1. The van der Waals surface area contributed by atoms with Gasteiger partial charge in [-0.2, -0.15) is 4.37 Å². The molecule has 7 heteroatoms. The molecule has 0 aromatic carbocycles. The van der Waals surface area contributed by atoms with Gasteiger partial charge in [0.15, 0.2) is 0 Å². The number of aliphatic hydroxyl groups is 1. The SMILES string of the molecule is Cc1cc(Cc2nc(N[C@H]3CC[C@@H](O)C3)c3sccc3n2)sn1. The topological polar surface area (TPSA) is 70.9 Å². The van der Waals surface area contributed by atoms with Gasteiger partial charge in [-0.25, -0.2) is 9.97 Å². The van der Waals surface area contributed by atoms with Crippen molar-refractivity contribution in [2.75, 3.05) is 5.32 Å². The van der Waals surface area contributed by atoms with Gasteiger partial charge in [-0.15, -0.1) is 11.3 Å². The van der Waals surface area contributed by atoms with E-state index in [0.717, 1.165) is 46.8 Å². The third-order valence-electron chi connectivity index (χ3n) is 4.10. The van der Waals surface area contributed by atoms with Gasteiger partial charge < -0.3 is 10.4 Å². The fourth-order valence-corrected chi connectivity index (χ4v) is 4.54. The Morgan fingerprint density at radius 2 is 2.26 bits per heavy atom. The summed E-state index contributed by atoms with van der Waals surface area (Å²) in [4.78, 5) is 10.6. The first kappa shape index (κ1) is 15.0. The average Bonchev–Trinajstić information content (AvgIpc) is 3.22. The van der Waals surface area contributed by atoms with E-state index < -0.39 is 0 Å². The number of aliphatic hydroxyl groups excluding tert-OH is 1. The van der Waals surface area contributed by atoms with Crippen LogP contribution < -0.4 is 5.32 Å². The predicted molar refractivity (Wildman–Crippen MR) is 94.3 cm³/mol. The van der Waals surface area contributed by atoms with Gasteiger partial charge in [0.2, 0.25) is 0 Å². The van der Waals surface area contributed by atoms with Crippen LogP contribution in [0.25, 0.3) is 10.2 Å². The van der Waals surface area contributed by atoms with Gasteiger partial charge in [0.1, 0.15) is 11.6 Å². The maximum atomic E-state index is 9.73. The fourth-order valence-electron chi connectivity index (χ4n) is 3.03. The van der Waals surface area contributed by atoms with Crippen LogP contribution in [0.5, 0.6) is 0 Å². The molecule has 0 spiro atoms. The van der Waals surface area contributed by atoms with E-state index in [-0.39, 0.29) is 6.10 Å². The minimum atomic E-state index is -0.187. The van der Waals surface area contributed by atoms with Crippen LogP contribution in [-0.4, -0.2) is 31.6 Å². The maximum Gasteiger partial charge on any atom is 0.148 e. The summed E-state index contributed by atoms with van der Waals surface area (Å²) in [7, 11) is 0. The molecule has 5 nitrogen and oxygen atoms in total. The number of rotatable bonds is 4. The number of aromatic nitrogens is 3. The maximum absolute atomic E-state index is 9.73. The number of hydrogen-bond acceptors (Lipinski definition) is 7. The Bertz CT molecular complexity index is 828. The van der Waals surface area contributed by atoms with Crippen molar-refractivity contribution in [2.45, 2.75) is 44.8 Å². The van der Waals surface area contributed by atoms with Crippen LogP contribution >= 0.6 is 22.9 Å². The van der Waals surface area contributed by atoms with Gasteiger partial charge in [-0.1, -0.05) is 0 Å². The quantitative estimate of drug-likeness (QED) is 0.758. The van der Waals surface area contributed by atoms with Gasteiger partial charge in [-0.3, -0.25) is 0 Å². The summed E-state index contributed by atoms with van der Waals surface area (Å²) in [6.07, 6.45) is 3.16. The molecular formula is C16H18N4OS2. The zero-order valence-corrected chi connectivity index (χ0v) is 14.5. The van der Waals surface area contributed by atoms with Crippen molar-refractivity contribution in [3.63, 3.8) is 0 Å². The standard InChI is InChI=1S/C16H18N4OS2/c1-9-6-12(23-20-9)8-14-18-13-4-5-22-15(13)16(19-14)17-10-2-3-11(21)7-10/h4-6,10-11,21H,2-3,7-8H2,1H3,(H,17,18,19)/t10-,11+/m0/s1. The van der Waals surface area contributed by atoms with Gasteiger partial charge in [0.25, 0.3) is 0 Å². The van der Waals surface area contributed by atoms with Crippen LogP contribution in [0.15, 0.2) is 17.5 Å². The smallest absolute Gasteiger partial charge is 0.148 e. The Hall–Kier alpha value is -1.57. The molecule has 0 bridgehead atoms. The highest BCUT2D eigenvalue weighted by Gasteiger charge is 2.24. The molecule has 120 valence electrons. The first-order chi connectivity index (χ1) is 11.2. The lowest BCUT2D eigenvalue weighted by atomic mass is 10.2. The van der Waals surface area contributed by atoms with E-state index in [9.17, 15) is 5.11 Å². The van der Waals surface area contributed by atoms with E-state index in [2.05, 4.69) is 26.1 Å². The van der Waals surface area contributed by atoms with Gasteiger partial charge in [-0.05, 0) is 55.2 Å². The number of fused-ring (bicyclic) bond motifs is 1. The van der Waals surface area contributed by atoms with Gasteiger partial charge in [0, 0.05) is 17.3 Å². The lowest BCUT2D eigenvalue weighted by Gasteiger charge is -2.14. The molecule has 1 fully saturated rings. The first-order valence-corrected chi connectivity index (χ1v) is 9.43. The molecule has 0 radical (unpaired) electrons. The molecule has 3 aromatic rings. The molecule has 0 unspecified atom stereocenters. The molecule has 0 amide bonds. The Labute approximate surface area is 142 Å². The van der Waals surface area contributed by atoms with Crippen LogP contribution in [0.1, 0.15) is 35.7 Å². The Kier molecular flexibility index (Phi) is 4.00. The Balaban J connectivity index is 1.64. The van der Waals surface area contributed by atoms with Crippen LogP contribution in [-0.2, 0) is 6.42 Å². The number of nitrogens with zero attached hydrogens (tertiary/aromatic N) is 3. The number of nitrogens with one attached hydrogen (secondary N) is 1. The third-order valence-corrected chi connectivity index (χ3v) is 5.89. The Morgan fingerprint density at radius 1 is 1.35 bits per heavy atom. The monoisotopic (exact) mass is 346 g/mol.